The standard InChI is InChI=1S/C16H26N4O2/c1-12-8-13(2)20(17-12)15-10-19(11-15)16(21)14-4-5-18(9-14)6-7-22-3/h8,14-15H,4-7,9-11H2,1-3H3/t14-/m1/s1. The van der Waals surface area contributed by atoms with E-state index in [9.17, 15) is 4.79 Å². The molecule has 1 aromatic heterocycles. The zero-order chi connectivity index (χ0) is 15.7. The Morgan fingerprint density at radius 1 is 1.36 bits per heavy atom. The van der Waals surface area contributed by atoms with Gasteiger partial charge >= 0.3 is 0 Å². The molecule has 1 aromatic rings. The molecule has 22 heavy (non-hydrogen) atoms. The molecule has 3 heterocycles. The predicted molar refractivity (Wildman–Crippen MR) is 83.7 cm³/mol. The average Bonchev–Trinajstić information content (AvgIpc) is 3.02. The lowest BCUT2D eigenvalue weighted by Crippen LogP contribution is -2.53. The molecule has 6 nitrogen and oxygen atoms in total. The number of methoxy groups -OCH3 is 1. The van der Waals surface area contributed by atoms with Gasteiger partial charge in [0.15, 0.2) is 0 Å². The Balaban J connectivity index is 1.49. The minimum atomic E-state index is 0.165. The van der Waals surface area contributed by atoms with E-state index in [1.54, 1.807) is 7.11 Å². The van der Waals surface area contributed by atoms with E-state index in [0.717, 1.165) is 51.4 Å². The summed E-state index contributed by atoms with van der Waals surface area (Å²) in [6, 6.07) is 2.44. The van der Waals surface area contributed by atoms with Gasteiger partial charge in [-0.1, -0.05) is 0 Å². The molecule has 0 aromatic carbocycles. The number of aromatic nitrogens is 2. The molecule has 2 aliphatic heterocycles. The van der Waals surface area contributed by atoms with Crippen molar-refractivity contribution in [1.29, 1.82) is 0 Å². The summed E-state index contributed by atoms with van der Waals surface area (Å²) in [6.45, 7) is 9.25. The molecule has 3 rings (SSSR count). The van der Waals surface area contributed by atoms with E-state index in [0.29, 0.717) is 11.9 Å². The third kappa shape index (κ3) is 3.03. The monoisotopic (exact) mass is 306 g/mol. The van der Waals surface area contributed by atoms with Crippen LogP contribution in [0.2, 0.25) is 0 Å². The molecule has 6 heteroatoms. The van der Waals surface area contributed by atoms with Crippen LogP contribution in [0.3, 0.4) is 0 Å². The first kappa shape index (κ1) is 15.5. The molecule has 2 saturated heterocycles. The van der Waals surface area contributed by atoms with E-state index in [1.807, 2.05) is 11.8 Å². The number of amides is 1. The van der Waals surface area contributed by atoms with Crippen LogP contribution in [0.5, 0.6) is 0 Å². The zero-order valence-corrected chi connectivity index (χ0v) is 13.8. The second kappa shape index (κ2) is 6.38. The topological polar surface area (TPSA) is 50.6 Å². The van der Waals surface area contributed by atoms with Gasteiger partial charge in [-0.05, 0) is 32.9 Å². The highest BCUT2D eigenvalue weighted by molar-refractivity contribution is 5.80. The largest absolute Gasteiger partial charge is 0.383 e. The molecule has 1 atom stereocenters. The van der Waals surface area contributed by atoms with Crippen LogP contribution in [0.4, 0.5) is 0 Å². The van der Waals surface area contributed by atoms with Crippen molar-refractivity contribution in [2.24, 2.45) is 5.92 Å². The van der Waals surface area contributed by atoms with Gasteiger partial charge in [-0.2, -0.15) is 5.10 Å². The number of likely N-dealkylation sites (tertiary alicyclic amines) is 2. The molecule has 0 radical (unpaired) electrons. The van der Waals surface area contributed by atoms with E-state index in [1.165, 1.54) is 5.69 Å². The van der Waals surface area contributed by atoms with Gasteiger partial charge in [-0.15, -0.1) is 0 Å². The Kier molecular flexibility index (Phi) is 4.49. The van der Waals surface area contributed by atoms with Gasteiger partial charge in [0, 0.05) is 39.0 Å². The van der Waals surface area contributed by atoms with E-state index >= 15 is 0 Å². The number of carbonyl (C=O) groups is 1. The normalized spacial score (nSPS) is 23.0. The van der Waals surface area contributed by atoms with Crippen LogP contribution in [0.15, 0.2) is 6.07 Å². The third-order valence-corrected chi connectivity index (χ3v) is 4.80. The number of rotatable bonds is 5. The summed E-state index contributed by atoms with van der Waals surface area (Å²) in [4.78, 5) is 16.9. The molecule has 0 aliphatic carbocycles. The van der Waals surface area contributed by atoms with Crippen molar-refractivity contribution in [1.82, 2.24) is 19.6 Å². The molecule has 0 unspecified atom stereocenters. The summed E-state index contributed by atoms with van der Waals surface area (Å²) in [5.74, 6) is 0.482. The molecule has 2 fully saturated rings. The van der Waals surface area contributed by atoms with Crippen molar-refractivity contribution in [2.45, 2.75) is 26.3 Å². The Bertz CT molecular complexity index is 536. The van der Waals surface area contributed by atoms with Gasteiger partial charge in [0.2, 0.25) is 5.91 Å². The smallest absolute Gasteiger partial charge is 0.227 e. The maximum Gasteiger partial charge on any atom is 0.227 e. The number of hydrogen-bond acceptors (Lipinski definition) is 4. The van der Waals surface area contributed by atoms with E-state index < -0.39 is 0 Å². The minimum Gasteiger partial charge on any atom is -0.383 e. The van der Waals surface area contributed by atoms with Crippen LogP contribution in [0.25, 0.3) is 0 Å². The molecule has 1 amide bonds. The highest BCUT2D eigenvalue weighted by Gasteiger charge is 2.38. The highest BCUT2D eigenvalue weighted by Crippen LogP contribution is 2.27. The zero-order valence-electron chi connectivity index (χ0n) is 13.8. The third-order valence-electron chi connectivity index (χ3n) is 4.80. The second-order valence-electron chi connectivity index (χ2n) is 6.55. The minimum absolute atomic E-state index is 0.165. The fourth-order valence-electron chi connectivity index (χ4n) is 3.52. The molecule has 0 spiro atoms. The highest BCUT2D eigenvalue weighted by atomic mass is 16.5. The SMILES string of the molecule is COCCN1CC[C@@H](C(=O)N2CC(n3nc(C)cc3C)C2)C1. The Morgan fingerprint density at radius 2 is 2.14 bits per heavy atom. The summed E-state index contributed by atoms with van der Waals surface area (Å²) in [5.41, 5.74) is 2.23. The Hall–Kier alpha value is -1.40. The van der Waals surface area contributed by atoms with Crippen LogP contribution in [-0.2, 0) is 9.53 Å². The van der Waals surface area contributed by atoms with Crippen molar-refractivity contribution in [2.75, 3.05) is 46.4 Å². The molecule has 0 saturated carbocycles. The molecular formula is C16H26N4O2. The van der Waals surface area contributed by atoms with Crippen molar-refractivity contribution in [3.8, 4) is 0 Å². The number of aryl methyl sites for hydroxylation is 2. The summed E-state index contributed by atoms with van der Waals surface area (Å²) in [5, 5.41) is 4.53. The first-order valence-electron chi connectivity index (χ1n) is 8.11. The number of nitrogens with zero attached hydrogens (tertiary/aromatic N) is 4. The Morgan fingerprint density at radius 3 is 2.77 bits per heavy atom. The van der Waals surface area contributed by atoms with Crippen LogP contribution >= 0.6 is 0 Å². The van der Waals surface area contributed by atoms with Gasteiger partial charge in [-0.25, -0.2) is 0 Å². The summed E-state index contributed by atoms with van der Waals surface area (Å²) in [6.07, 6.45) is 0.976. The van der Waals surface area contributed by atoms with E-state index in [4.69, 9.17) is 4.74 Å². The fraction of sp³-hybridized carbons (Fsp3) is 0.750. The maximum absolute atomic E-state index is 12.6. The maximum atomic E-state index is 12.6. The van der Waals surface area contributed by atoms with Crippen LogP contribution < -0.4 is 0 Å². The van der Waals surface area contributed by atoms with Crippen molar-refractivity contribution < 1.29 is 9.53 Å². The lowest BCUT2D eigenvalue weighted by Gasteiger charge is -2.41. The van der Waals surface area contributed by atoms with Gasteiger partial charge in [0.25, 0.3) is 0 Å². The Labute approximate surface area is 132 Å². The summed E-state index contributed by atoms with van der Waals surface area (Å²) < 4.78 is 7.18. The second-order valence-corrected chi connectivity index (χ2v) is 6.55. The van der Waals surface area contributed by atoms with Gasteiger partial charge < -0.3 is 14.5 Å². The van der Waals surface area contributed by atoms with Crippen molar-refractivity contribution in [3.63, 3.8) is 0 Å². The molecule has 2 aliphatic rings. The first-order valence-corrected chi connectivity index (χ1v) is 8.11. The predicted octanol–water partition coefficient (Wildman–Crippen LogP) is 0.852. The van der Waals surface area contributed by atoms with Gasteiger partial charge in [0.1, 0.15) is 0 Å². The molecular weight excluding hydrogens is 280 g/mol. The number of ether oxygens (including phenoxy) is 1. The van der Waals surface area contributed by atoms with E-state index in [-0.39, 0.29) is 5.92 Å². The van der Waals surface area contributed by atoms with Crippen LogP contribution in [0.1, 0.15) is 23.9 Å². The number of hydrogen-bond donors (Lipinski definition) is 0. The van der Waals surface area contributed by atoms with Crippen LogP contribution in [-0.4, -0.2) is 71.9 Å². The quantitative estimate of drug-likeness (QED) is 0.809. The van der Waals surface area contributed by atoms with Gasteiger partial charge in [0.05, 0.1) is 24.3 Å². The summed E-state index contributed by atoms with van der Waals surface area (Å²) >= 11 is 0. The number of carbonyl (C=O) groups excluding carboxylic acids is 1. The molecule has 122 valence electrons. The lowest BCUT2D eigenvalue weighted by atomic mass is 10.0. The van der Waals surface area contributed by atoms with Crippen LogP contribution in [0, 0.1) is 19.8 Å². The van der Waals surface area contributed by atoms with Crippen molar-refractivity contribution in [3.05, 3.63) is 17.5 Å². The fourth-order valence-corrected chi connectivity index (χ4v) is 3.52. The summed E-state index contributed by atoms with van der Waals surface area (Å²) in [7, 11) is 1.72. The molecule has 0 N–H and O–H groups in total. The molecule has 0 bridgehead atoms. The first-order chi connectivity index (χ1) is 10.6. The van der Waals surface area contributed by atoms with E-state index in [2.05, 4.69) is 27.7 Å². The van der Waals surface area contributed by atoms with Crippen molar-refractivity contribution >= 4 is 5.91 Å². The average molecular weight is 306 g/mol. The lowest BCUT2D eigenvalue weighted by molar-refractivity contribution is -0.141. The van der Waals surface area contributed by atoms with Gasteiger partial charge in [-0.3, -0.25) is 9.48 Å².